The summed E-state index contributed by atoms with van der Waals surface area (Å²) in [5.74, 6) is 0.820. The number of rotatable bonds is 4. The van der Waals surface area contributed by atoms with Crippen LogP contribution in [0.3, 0.4) is 0 Å². The van der Waals surface area contributed by atoms with E-state index < -0.39 is 15.6 Å². The fourth-order valence-electron chi connectivity index (χ4n) is 2.50. The molecule has 0 spiro atoms. The Hall–Kier alpha value is -1.83. The lowest BCUT2D eigenvalue weighted by atomic mass is 10.2. The Bertz CT molecular complexity index is 932. The smallest absolute Gasteiger partial charge is 0.339 e. The highest BCUT2D eigenvalue weighted by atomic mass is 35.5. The predicted octanol–water partition coefficient (Wildman–Crippen LogP) is 2.36. The Labute approximate surface area is 144 Å². The molecule has 128 valence electrons. The van der Waals surface area contributed by atoms with Gasteiger partial charge in [-0.25, -0.2) is 13.2 Å². The van der Waals surface area contributed by atoms with Crippen LogP contribution in [-0.4, -0.2) is 31.9 Å². The van der Waals surface area contributed by atoms with E-state index in [4.69, 9.17) is 20.8 Å². The molecule has 0 aliphatic carbocycles. The van der Waals surface area contributed by atoms with Gasteiger partial charge in [-0.15, -0.1) is 0 Å². The molecule has 2 heterocycles. The molecule has 1 aromatic carbocycles. The van der Waals surface area contributed by atoms with Gasteiger partial charge in [0.2, 0.25) is 10.0 Å². The van der Waals surface area contributed by atoms with E-state index in [1.807, 2.05) is 0 Å². The van der Waals surface area contributed by atoms with Gasteiger partial charge >= 0.3 is 5.63 Å². The Balaban J connectivity index is 1.71. The quantitative estimate of drug-likeness (QED) is 0.826. The molecule has 0 amide bonds. The van der Waals surface area contributed by atoms with Crippen molar-refractivity contribution in [1.82, 2.24) is 4.31 Å². The van der Waals surface area contributed by atoms with Gasteiger partial charge in [0.1, 0.15) is 17.6 Å². The number of sulfonamides is 1. The van der Waals surface area contributed by atoms with Crippen molar-refractivity contribution < 1.29 is 17.6 Å². The van der Waals surface area contributed by atoms with Gasteiger partial charge in [0.05, 0.1) is 24.1 Å². The summed E-state index contributed by atoms with van der Waals surface area (Å²) in [6, 6.07) is 7.62. The third-order valence-corrected chi connectivity index (χ3v) is 5.96. The molecule has 6 nitrogen and oxygen atoms in total. The predicted molar refractivity (Wildman–Crippen MR) is 89.1 cm³/mol. The van der Waals surface area contributed by atoms with Crippen LogP contribution in [0.1, 0.15) is 11.3 Å². The van der Waals surface area contributed by atoms with Crippen molar-refractivity contribution in [3.63, 3.8) is 0 Å². The van der Waals surface area contributed by atoms with Crippen LogP contribution in [-0.2, 0) is 10.0 Å². The van der Waals surface area contributed by atoms with Crippen molar-refractivity contribution in [1.29, 1.82) is 0 Å². The second-order valence-corrected chi connectivity index (χ2v) is 8.04. The molecule has 24 heavy (non-hydrogen) atoms. The second-order valence-electron chi connectivity index (χ2n) is 5.69. The number of ether oxygens (including phenoxy) is 1. The van der Waals surface area contributed by atoms with Gasteiger partial charge in [0.15, 0.2) is 0 Å². The highest BCUT2D eigenvalue weighted by Gasteiger charge is 2.39. The molecule has 3 rings (SSSR count). The van der Waals surface area contributed by atoms with Crippen LogP contribution in [0, 0.1) is 13.8 Å². The van der Waals surface area contributed by atoms with E-state index in [1.54, 1.807) is 32.0 Å². The number of hydrogen-bond donors (Lipinski definition) is 0. The van der Waals surface area contributed by atoms with Gasteiger partial charge in [-0.1, -0.05) is 17.7 Å². The number of halogens is 1. The summed E-state index contributed by atoms with van der Waals surface area (Å²) in [6.45, 7) is 3.80. The molecular weight excluding hydrogens is 354 g/mol. The summed E-state index contributed by atoms with van der Waals surface area (Å²) in [4.78, 5) is 11.5. The maximum Gasteiger partial charge on any atom is 0.339 e. The Morgan fingerprint density at radius 2 is 1.92 bits per heavy atom. The lowest BCUT2D eigenvalue weighted by Crippen LogP contribution is -2.56. The largest absolute Gasteiger partial charge is 0.487 e. The fourth-order valence-corrected chi connectivity index (χ4v) is 4.49. The topological polar surface area (TPSA) is 76.8 Å². The SMILES string of the molecule is Cc1cc(OC2CN(S(=O)(=O)c3cc(Cl)ccc3C)C2)cc(=O)o1. The minimum Gasteiger partial charge on any atom is -0.487 e. The van der Waals surface area contributed by atoms with Gasteiger partial charge in [-0.05, 0) is 31.5 Å². The highest BCUT2D eigenvalue weighted by molar-refractivity contribution is 7.89. The van der Waals surface area contributed by atoms with Crippen molar-refractivity contribution in [3.8, 4) is 5.75 Å². The lowest BCUT2D eigenvalue weighted by Gasteiger charge is -2.38. The van der Waals surface area contributed by atoms with Crippen molar-refractivity contribution >= 4 is 21.6 Å². The van der Waals surface area contributed by atoms with Crippen molar-refractivity contribution in [3.05, 3.63) is 57.1 Å². The molecule has 1 aromatic heterocycles. The maximum atomic E-state index is 12.6. The Kier molecular flexibility index (Phi) is 4.42. The van der Waals surface area contributed by atoms with Crippen molar-refractivity contribution in [2.45, 2.75) is 24.8 Å². The first-order chi connectivity index (χ1) is 11.3. The first-order valence-corrected chi connectivity index (χ1v) is 9.12. The van der Waals surface area contributed by atoms with Crippen molar-refractivity contribution in [2.75, 3.05) is 13.1 Å². The van der Waals surface area contributed by atoms with Crippen LogP contribution >= 0.6 is 11.6 Å². The van der Waals surface area contributed by atoms with Gasteiger partial charge in [0, 0.05) is 11.1 Å². The van der Waals surface area contributed by atoms with E-state index in [2.05, 4.69) is 0 Å². The molecule has 1 aliphatic rings. The first kappa shape index (κ1) is 17.0. The summed E-state index contributed by atoms with van der Waals surface area (Å²) < 4.78 is 37.1. The zero-order chi connectivity index (χ0) is 17.5. The van der Waals surface area contributed by atoms with Gasteiger partial charge in [0.25, 0.3) is 0 Å². The van der Waals surface area contributed by atoms with Crippen LogP contribution < -0.4 is 10.4 Å². The molecule has 0 atom stereocenters. The summed E-state index contributed by atoms with van der Waals surface area (Å²) in [5.41, 5.74) is 0.142. The van der Waals surface area contributed by atoms with Crippen LogP contribution in [0.25, 0.3) is 0 Å². The lowest BCUT2D eigenvalue weighted by molar-refractivity contribution is 0.0754. The second kappa shape index (κ2) is 6.23. The molecule has 8 heteroatoms. The van der Waals surface area contributed by atoms with Crippen LogP contribution in [0.15, 0.2) is 44.4 Å². The average molecular weight is 370 g/mol. The number of aryl methyl sites for hydroxylation is 2. The van der Waals surface area contributed by atoms with Crippen LogP contribution in [0.4, 0.5) is 0 Å². The maximum absolute atomic E-state index is 12.6. The van der Waals surface area contributed by atoms with Gasteiger partial charge in [-0.2, -0.15) is 4.31 Å². The summed E-state index contributed by atoms with van der Waals surface area (Å²) in [6.07, 6.45) is -0.305. The van der Waals surface area contributed by atoms with E-state index in [-0.39, 0.29) is 24.1 Å². The molecule has 1 saturated heterocycles. The van der Waals surface area contributed by atoms with E-state index in [0.29, 0.717) is 22.1 Å². The molecule has 1 aliphatic heterocycles. The normalized spacial score (nSPS) is 16.0. The molecule has 0 unspecified atom stereocenters. The van der Waals surface area contributed by atoms with Crippen molar-refractivity contribution in [2.24, 2.45) is 0 Å². The summed E-state index contributed by atoms with van der Waals surface area (Å²) in [5, 5.41) is 0.374. The average Bonchev–Trinajstić information content (AvgIpc) is 2.43. The number of nitrogens with zero attached hydrogens (tertiary/aromatic N) is 1. The van der Waals surface area contributed by atoms with E-state index in [0.717, 1.165) is 0 Å². The molecule has 0 N–H and O–H groups in total. The minimum absolute atomic E-state index is 0.199. The minimum atomic E-state index is -3.61. The molecule has 0 saturated carbocycles. The van der Waals surface area contributed by atoms with Crippen LogP contribution in [0.2, 0.25) is 5.02 Å². The molecule has 1 fully saturated rings. The van der Waals surface area contributed by atoms with E-state index >= 15 is 0 Å². The van der Waals surface area contributed by atoms with Gasteiger partial charge in [-0.3, -0.25) is 0 Å². The fraction of sp³-hybridized carbons (Fsp3) is 0.312. The zero-order valence-corrected chi connectivity index (χ0v) is 14.7. The van der Waals surface area contributed by atoms with E-state index in [1.165, 1.54) is 16.4 Å². The number of benzene rings is 1. The van der Waals surface area contributed by atoms with E-state index in [9.17, 15) is 13.2 Å². The first-order valence-electron chi connectivity index (χ1n) is 7.30. The molecule has 0 radical (unpaired) electrons. The highest BCUT2D eigenvalue weighted by Crippen LogP contribution is 2.28. The Morgan fingerprint density at radius 3 is 2.58 bits per heavy atom. The summed E-state index contributed by atoms with van der Waals surface area (Å²) in [7, 11) is -3.61. The molecule has 0 bridgehead atoms. The molecular formula is C16H16ClNO5S. The number of hydrogen-bond acceptors (Lipinski definition) is 5. The molecule has 2 aromatic rings. The third kappa shape index (κ3) is 3.33. The zero-order valence-electron chi connectivity index (χ0n) is 13.2. The van der Waals surface area contributed by atoms with Crippen LogP contribution in [0.5, 0.6) is 5.75 Å². The standard InChI is InChI=1S/C16H16ClNO5S/c1-10-3-4-12(17)6-15(10)24(20,21)18-8-14(9-18)23-13-5-11(2)22-16(19)7-13/h3-7,14H,8-9H2,1-2H3. The van der Waals surface area contributed by atoms with Gasteiger partial charge < -0.3 is 9.15 Å². The Morgan fingerprint density at radius 1 is 1.21 bits per heavy atom. The third-order valence-electron chi connectivity index (χ3n) is 3.75. The monoisotopic (exact) mass is 369 g/mol. The summed E-state index contributed by atoms with van der Waals surface area (Å²) >= 11 is 5.91.